The van der Waals surface area contributed by atoms with Crippen molar-refractivity contribution < 1.29 is 14.8 Å². The van der Waals surface area contributed by atoms with Gasteiger partial charge < -0.3 is 5.21 Å². The molecule has 0 aromatic heterocycles. The lowest BCUT2D eigenvalue weighted by Gasteiger charge is -1.92. The van der Waals surface area contributed by atoms with E-state index >= 15 is 0 Å². The largest absolute Gasteiger partial charge is 0.410 e. The first-order valence-corrected chi connectivity index (χ1v) is 2.89. The summed E-state index contributed by atoms with van der Waals surface area (Å²) in [5.41, 5.74) is -0.373. The smallest absolute Gasteiger partial charge is 0.188 e. The average molecular weight is 143 g/mol. The van der Waals surface area contributed by atoms with Crippen LogP contribution in [-0.4, -0.2) is 22.5 Å². The summed E-state index contributed by atoms with van der Waals surface area (Å²) in [4.78, 5) is 21.1. The van der Waals surface area contributed by atoms with Crippen molar-refractivity contribution in [1.29, 1.82) is 0 Å². The first kappa shape index (κ1) is 8.81. The van der Waals surface area contributed by atoms with Crippen molar-refractivity contribution in [3.63, 3.8) is 0 Å². The van der Waals surface area contributed by atoms with E-state index in [-0.39, 0.29) is 12.1 Å². The van der Waals surface area contributed by atoms with E-state index in [1.165, 1.54) is 6.92 Å². The van der Waals surface area contributed by atoms with Gasteiger partial charge in [0.15, 0.2) is 17.3 Å². The first-order chi connectivity index (χ1) is 4.63. The Morgan fingerprint density at radius 1 is 1.50 bits per heavy atom. The minimum atomic E-state index is -0.505. The van der Waals surface area contributed by atoms with Crippen LogP contribution >= 0.6 is 0 Å². The summed E-state index contributed by atoms with van der Waals surface area (Å²) in [5, 5.41) is 10.7. The lowest BCUT2D eigenvalue weighted by molar-refractivity contribution is -0.116. The van der Waals surface area contributed by atoms with E-state index in [1.807, 2.05) is 0 Å². The van der Waals surface area contributed by atoms with Gasteiger partial charge in [0.1, 0.15) is 0 Å². The number of nitrogens with zero attached hydrogens (tertiary/aromatic N) is 1. The van der Waals surface area contributed by atoms with E-state index in [0.29, 0.717) is 0 Å². The Balaban J connectivity index is 4.39. The van der Waals surface area contributed by atoms with Gasteiger partial charge in [-0.2, -0.15) is 0 Å². The second-order valence-corrected chi connectivity index (χ2v) is 1.78. The van der Waals surface area contributed by atoms with E-state index in [4.69, 9.17) is 5.21 Å². The summed E-state index contributed by atoms with van der Waals surface area (Å²) in [6, 6.07) is 0. The number of rotatable bonds is 3. The number of hydrogen-bond donors (Lipinski definition) is 1. The van der Waals surface area contributed by atoms with Crippen LogP contribution in [0.15, 0.2) is 5.16 Å². The van der Waals surface area contributed by atoms with Gasteiger partial charge in [0, 0.05) is 13.3 Å². The third-order valence-electron chi connectivity index (χ3n) is 1.02. The van der Waals surface area contributed by atoms with E-state index in [1.54, 1.807) is 6.92 Å². The quantitative estimate of drug-likeness (QED) is 0.269. The van der Waals surface area contributed by atoms with Crippen LogP contribution in [0.5, 0.6) is 0 Å². The van der Waals surface area contributed by atoms with Crippen molar-refractivity contribution in [1.82, 2.24) is 0 Å². The van der Waals surface area contributed by atoms with Gasteiger partial charge in [0.25, 0.3) is 0 Å². The molecule has 0 spiro atoms. The van der Waals surface area contributed by atoms with Crippen LogP contribution in [0.3, 0.4) is 0 Å². The summed E-state index contributed by atoms with van der Waals surface area (Å²) in [6.07, 6.45) is 0.180. The molecule has 0 bridgehead atoms. The predicted molar refractivity (Wildman–Crippen MR) is 35.2 cm³/mol. The summed E-state index contributed by atoms with van der Waals surface area (Å²) in [5.74, 6) is -0.940. The van der Waals surface area contributed by atoms with Gasteiger partial charge in [-0.3, -0.25) is 9.59 Å². The van der Waals surface area contributed by atoms with Crippen LogP contribution in [0.1, 0.15) is 20.3 Å². The van der Waals surface area contributed by atoms with E-state index in [2.05, 4.69) is 5.16 Å². The number of carbonyl (C=O) groups is 2. The molecule has 0 saturated carbocycles. The average Bonchev–Trinajstić information content (AvgIpc) is 1.88. The number of oxime groups is 1. The molecule has 0 atom stereocenters. The molecule has 56 valence electrons. The van der Waals surface area contributed by atoms with Crippen LogP contribution in [0.4, 0.5) is 0 Å². The zero-order valence-corrected chi connectivity index (χ0v) is 5.92. The fourth-order valence-corrected chi connectivity index (χ4v) is 0.490. The molecule has 0 radical (unpaired) electrons. The summed E-state index contributed by atoms with van der Waals surface area (Å²) >= 11 is 0. The number of ketones is 2. The molecule has 0 aliphatic heterocycles. The molecule has 10 heavy (non-hydrogen) atoms. The normalized spacial score (nSPS) is 11.2. The Morgan fingerprint density at radius 3 is 2.10 bits per heavy atom. The fraction of sp³-hybridized carbons (Fsp3) is 0.500. The van der Waals surface area contributed by atoms with Crippen molar-refractivity contribution in [2.24, 2.45) is 5.16 Å². The van der Waals surface area contributed by atoms with Crippen LogP contribution in [0.25, 0.3) is 0 Å². The maximum Gasteiger partial charge on any atom is 0.188 e. The van der Waals surface area contributed by atoms with Crippen LogP contribution in [0, 0.1) is 0 Å². The van der Waals surface area contributed by atoms with Crippen molar-refractivity contribution in [3.8, 4) is 0 Å². The molecule has 0 aliphatic carbocycles. The molecule has 1 N–H and O–H groups in total. The van der Waals surface area contributed by atoms with Crippen molar-refractivity contribution in [2.75, 3.05) is 0 Å². The zero-order valence-electron chi connectivity index (χ0n) is 5.92. The molecule has 0 amide bonds. The van der Waals surface area contributed by atoms with E-state index in [0.717, 1.165) is 0 Å². The summed E-state index contributed by atoms with van der Waals surface area (Å²) in [7, 11) is 0. The second-order valence-electron chi connectivity index (χ2n) is 1.78. The van der Waals surface area contributed by atoms with E-state index in [9.17, 15) is 9.59 Å². The molecule has 0 aliphatic rings. The Kier molecular flexibility index (Phi) is 3.32. The Labute approximate surface area is 58.5 Å². The molecule has 0 unspecified atom stereocenters. The molecule has 0 fully saturated rings. The maximum absolute atomic E-state index is 10.7. The highest BCUT2D eigenvalue weighted by Crippen LogP contribution is 1.87. The predicted octanol–water partition coefficient (Wildman–Crippen LogP) is 0.385. The number of Topliss-reactive ketones (excluding diaryl/α,β-unsaturated/α-hetero) is 2. The topological polar surface area (TPSA) is 66.7 Å². The van der Waals surface area contributed by atoms with Crippen molar-refractivity contribution in [3.05, 3.63) is 0 Å². The van der Waals surface area contributed by atoms with Crippen molar-refractivity contribution >= 4 is 17.3 Å². The molecular formula is C6H9NO3. The van der Waals surface area contributed by atoms with Gasteiger partial charge in [-0.1, -0.05) is 12.1 Å². The molecule has 0 aromatic carbocycles. The third-order valence-corrected chi connectivity index (χ3v) is 1.02. The van der Waals surface area contributed by atoms with Gasteiger partial charge in [-0.15, -0.1) is 0 Å². The highest BCUT2D eigenvalue weighted by molar-refractivity contribution is 6.65. The molecule has 4 nitrogen and oxygen atoms in total. The van der Waals surface area contributed by atoms with E-state index < -0.39 is 11.6 Å². The lowest BCUT2D eigenvalue weighted by atomic mass is 10.1. The summed E-state index contributed by atoms with van der Waals surface area (Å²) < 4.78 is 0. The third kappa shape index (κ3) is 1.97. The lowest BCUT2D eigenvalue weighted by Crippen LogP contribution is -2.20. The molecule has 0 heterocycles. The monoisotopic (exact) mass is 143 g/mol. The van der Waals surface area contributed by atoms with Gasteiger partial charge in [-0.25, -0.2) is 0 Å². The highest BCUT2D eigenvalue weighted by atomic mass is 16.4. The number of carbonyl (C=O) groups excluding carboxylic acids is 2. The van der Waals surface area contributed by atoms with Gasteiger partial charge >= 0.3 is 0 Å². The number of hydrogen-bond acceptors (Lipinski definition) is 4. The SMILES string of the molecule is CCC(=O)C(=NO)C(C)=O. The maximum atomic E-state index is 10.7. The molecule has 0 saturated heterocycles. The molecule has 4 heteroatoms. The Bertz CT molecular complexity index is 183. The Morgan fingerprint density at radius 2 is 2.00 bits per heavy atom. The van der Waals surface area contributed by atoms with Crippen LogP contribution in [-0.2, 0) is 9.59 Å². The molecule has 0 aromatic rings. The Hall–Kier alpha value is -1.19. The van der Waals surface area contributed by atoms with Gasteiger partial charge in [-0.05, 0) is 0 Å². The minimum absolute atomic E-state index is 0.180. The van der Waals surface area contributed by atoms with Crippen LogP contribution < -0.4 is 0 Å². The standard InChI is InChI=1S/C6H9NO3/c1-3-5(9)6(7-10)4(2)8/h10H,3H2,1-2H3. The van der Waals surface area contributed by atoms with Crippen LogP contribution in [0.2, 0.25) is 0 Å². The zero-order chi connectivity index (χ0) is 8.15. The van der Waals surface area contributed by atoms with Gasteiger partial charge in [0.2, 0.25) is 0 Å². The highest BCUT2D eigenvalue weighted by Gasteiger charge is 2.13. The fourth-order valence-electron chi connectivity index (χ4n) is 0.490. The molecular weight excluding hydrogens is 134 g/mol. The molecule has 0 rings (SSSR count). The minimum Gasteiger partial charge on any atom is -0.410 e. The van der Waals surface area contributed by atoms with Gasteiger partial charge in [0.05, 0.1) is 0 Å². The van der Waals surface area contributed by atoms with Crippen molar-refractivity contribution in [2.45, 2.75) is 20.3 Å². The summed E-state index contributed by atoms with van der Waals surface area (Å²) in [6.45, 7) is 2.78. The second kappa shape index (κ2) is 3.76. The first-order valence-electron chi connectivity index (χ1n) is 2.89.